The van der Waals surface area contributed by atoms with Crippen LogP contribution in [0.4, 0.5) is 0 Å². The van der Waals surface area contributed by atoms with E-state index in [9.17, 15) is 4.79 Å². The number of ether oxygens (including phenoxy) is 1. The molecule has 1 heterocycles. The molecule has 0 atom stereocenters. The van der Waals surface area contributed by atoms with Gasteiger partial charge >= 0.3 is 0 Å². The number of carbonyl (C=O) groups excluding carboxylic acids is 1. The Bertz CT molecular complexity index is 197. The van der Waals surface area contributed by atoms with Crippen molar-refractivity contribution in [2.24, 2.45) is 17.1 Å². The van der Waals surface area contributed by atoms with Crippen LogP contribution in [0.5, 0.6) is 0 Å². The first-order valence-corrected chi connectivity index (χ1v) is 6.02. The second-order valence-corrected chi connectivity index (χ2v) is 4.44. The fraction of sp³-hybridized carbons (Fsp3) is 0.917. The van der Waals surface area contributed by atoms with Gasteiger partial charge in [-0.25, -0.2) is 0 Å². The highest BCUT2D eigenvalue weighted by Gasteiger charge is 2.38. The van der Waals surface area contributed by atoms with Crippen molar-refractivity contribution in [3.8, 4) is 0 Å². The number of nitrogens with two attached hydrogens (primary N) is 1. The predicted molar refractivity (Wildman–Crippen MR) is 60.6 cm³/mol. The Labute approximate surface area is 92.4 Å². The first-order valence-electron chi connectivity index (χ1n) is 6.02. The van der Waals surface area contributed by atoms with Gasteiger partial charge in [0.1, 0.15) is 5.78 Å². The normalized spacial score (nSPS) is 19.1. The molecule has 0 bridgehead atoms. The largest absolute Gasteiger partial charge is 0.381 e. The average molecular weight is 213 g/mol. The van der Waals surface area contributed by atoms with Crippen LogP contribution in [0.1, 0.15) is 39.5 Å². The molecule has 2 N–H and O–H groups in total. The third-order valence-electron chi connectivity index (χ3n) is 3.86. The van der Waals surface area contributed by atoms with Gasteiger partial charge in [-0.3, -0.25) is 4.79 Å². The standard InChI is InChI=1S/C12H23NO2/c1-3-12(4-2,9-13)11(14)10-5-7-15-8-6-10/h10H,3-9,13H2,1-2H3. The number of hydrogen-bond donors (Lipinski definition) is 1. The molecule has 1 aliphatic rings. The molecule has 0 spiro atoms. The molecule has 0 unspecified atom stereocenters. The lowest BCUT2D eigenvalue weighted by molar-refractivity contribution is -0.135. The van der Waals surface area contributed by atoms with Crippen molar-refractivity contribution in [3.05, 3.63) is 0 Å². The summed E-state index contributed by atoms with van der Waals surface area (Å²) in [7, 11) is 0. The third-order valence-corrected chi connectivity index (χ3v) is 3.86. The Morgan fingerprint density at radius 1 is 1.33 bits per heavy atom. The maximum Gasteiger partial charge on any atom is 0.143 e. The first kappa shape index (κ1) is 12.7. The minimum atomic E-state index is -0.276. The van der Waals surface area contributed by atoms with Crippen molar-refractivity contribution < 1.29 is 9.53 Å². The van der Waals surface area contributed by atoms with E-state index in [1.807, 2.05) is 0 Å². The topological polar surface area (TPSA) is 52.3 Å². The van der Waals surface area contributed by atoms with Crippen molar-refractivity contribution in [2.75, 3.05) is 19.8 Å². The quantitative estimate of drug-likeness (QED) is 0.757. The van der Waals surface area contributed by atoms with E-state index in [0.29, 0.717) is 12.3 Å². The van der Waals surface area contributed by atoms with Crippen molar-refractivity contribution in [1.29, 1.82) is 0 Å². The number of Topliss-reactive ketones (excluding diaryl/α,β-unsaturated/α-hetero) is 1. The minimum Gasteiger partial charge on any atom is -0.381 e. The van der Waals surface area contributed by atoms with E-state index in [1.165, 1.54) is 0 Å². The number of hydrogen-bond acceptors (Lipinski definition) is 3. The summed E-state index contributed by atoms with van der Waals surface area (Å²) in [5.41, 5.74) is 5.51. The zero-order valence-electron chi connectivity index (χ0n) is 9.92. The first-order chi connectivity index (χ1) is 7.20. The second kappa shape index (κ2) is 5.61. The molecule has 1 saturated heterocycles. The van der Waals surface area contributed by atoms with Gasteiger partial charge in [0.2, 0.25) is 0 Å². The Hall–Kier alpha value is -0.410. The summed E-state index contributed by atoms with van der Waals surface area (Å²) in [6, 6.07) is 0. The number of rotatable bonds is 5. The Morgan fingerprint density at radius 3 is 2.27 bits per heavy atom. The summed E-state index contributed by atoms with van der Waals surface area (Å²) in [5, 5.41) is 0. The molecule has 0 saturated carbocycles. The monoisotopic (exact) mass is 213 g/mol. The molecule has 1 aliphatic heterocycles. The van der Waals surface area contributed by atoms with E-state index in [-0.39, 0.29) is 11.3 Å². The van der Waals surface area contributed by atoms with Crippen LogP contribution in [-0.2, 0) is 9.53 Å². The summed E-state index contributed by atoms with van der Waals surface area (Å²) in [5.74, 6) is 0.556. The van der Waals surface area contributed by atoms with E-state index < -0.39 is 0 Å². The molecule has 0 aromatic heterocycles. The highest BCUT2D eigenvalue weighted by atomic mass is 16.5. The molecule has 0 aromatic carbocycles. The third kappa shape index (κ3) is 2.58. The summed E-state index contributed by atoms with van der Waals surface area (Å²) < 4.78 is 5.28. The highest BCUT2D eigenvalue weighted by molar-refractivity contribution is 5.87. The van der Waals surface area contributed by atoms with E-state index in [4.69, 9.17) is 10.5 Å². The molecule has 15 heavy (non-hydrogen) atoms. The maximum atomic E-state index is 12.4. The Kier molecular flexibility index (Phi) is 4.74. The lowest BCUT2D eigenvalue weighted by atomic mass is 9.72. The minimum absolute atomic E-state index is 0.183. The fourth-order valence-electron chi connectivity index (χ4n) is 2.38. The zero-order valence-corrected chi connectivity index (χ0v) is 9.92. The van der Waals surface area contributed by atoms with Gasteiger partial charge in [0, 0.05) is 31.1 Å². The maximum absolute atomic E-state index is 12.4. The van der Waals surface area contributed by atoms with Gasteiger partial charge in [-0.1, -0.05) is 13.8 Å². The summed E-state index contributed by atoms with van der Waals surface area (Å²) in [4.78, 5) is 12.4. The van der Waals surface area contributed by atoms with Gasteiger partial charge in [-0.2, -0.15) is 0 Å². The molecule has 3 heteroatoms. The van der Waals surface area contributed by atoms with Gasteiger partial charge in [0.05, 0.1) is 0 Å². The molecule has 1 fully saturated rings. The number of ketones is 1. The van der Waals surface area contributed by atoms with Crippen LogP contribution in [0.2, 0.25) is 0 Å². The molecule has 0 aliphatic carbocycles. The lowest BCUT2D eigenvalue weighted by Crippen LogP contribution is -2.42. The number of carbonyl (C=O) groups is 1. The Balaban J connectivity index is 2.70. The Morgan fingerprint density at radius 2 is 1.87 bits per heavy atom. The van der Waals surface area contributed by atoms with Gasteiger partial charge in [0.25, 0.3) is 0 Å². The van der Waals surface area contributed by atoms with Crippen LogP contribution in [0, 0.1) is 11.3 Å². The van der Waals surface area contributed by atoms with Crippen LogP contribution in [0.3, 0.4) is 0 Å². The highest BCUT2D eigenvalue weighted by Crippen LogP contribution is 2.32. The molecular weight excluding hydrogens is 190 g/mol. The SMILES string of the molecule is CCC(CC)(CN)C(=O)C1CCOCC1. The van der Waals surface area contributed by atoms with Gasteiger partial charge < -0.3 is 10.5 Å². The van der Waals surface area contributed by atoms with Crippen LogP contribution < -0.4 is 5.73 Å². The second-order valence-electron chi connectivity index (χ2n) is 4.44. The van der Waals surface area contributed by atoms with Crippen molar-refractivity contribution in [3.63, 3.8) is 0 Å². The molecule has 0 amide bonds. The van der Waals surface area contributed by atoms with E-state index in [1.54, 1.807) is 0 Å². The van der Waals surface area contributed by atoms with Crippen LogP contribution in [-0.4, -0.2) is 25.5 Å². The van der Waals surface area contributed by atoms with Crippen molar-refractivity contribution in [1.82, 2.24) is 0 Å². The fourth-order valence-corrected chi connectivity index (χ4v) is 2.38. The molecule has 1 rings (SSSR count). The predicted octanol–water partition coefficient (Wildman–Crippen LogP) is 1.75. The summed E-state index contributed by atoms with van der Waals surface area (Å²) >= 11 is 0. The molecule has 88 valence electrons. The van der Waals surface area contributed by atoms with Gasteiger partial charge in [0.15, 0.2) is 0 Å². The van der Waals surface area contributed by atoms with Crippen LogP contribution >= 0.6 is 0 Å². The van der Waals surface area contributed by atoms with Crippen molar-refractivity contribution >= 4 is 5.78 Å². The van der Waals surface area contributed by atoms with E-state index in [0.717, 1.165) is 38.9 Å². The van der Waals surface area contributed by atoms with Crippen molar-refractivity contribution in [2.45, 2.75) is 39.5 Å². The zero-order chi connectivity index (χ0) is 11.3. The van der Waals surface area contributed by atoms with Gasteiger partial charge in [-0.05, 0) is 25.7 Å². The molecule has 0 aromatic rings. The molecular formula is C12H23NO2. The average Bonchev–Trinajstić information content (AvgIpc) is 2.33. The van der Waals surface area contributed by atoms with Crippen LogP contribution in [0.25, 0.3) is 0 Å². The van der Waals surface area contributed by atoms with E-state index in [2.05, 4.69) is 13.8 Å². The summed E-state index contributed by atoms with van der Waals surface area (Å²) in [6.45, 7) is 6.06. The lowest BCUT2D eigenvalue weighted by Gasteiger charge is -2.34. The smallest absolute Gasteiger partial charge is 0.143 e. The van der Waals surface area contributed by atoms with Crippen LogP contribution in [0.15, 0.2) is 0 Å². The molecule has 3 nitrogen and oxygen atoms in total. The van der Waals surface area contributed by atoms with E-state index >= 15 is 0 Å². The van der Waals surface area contributed by atoms with Gasteiger partial charge in [-0.15, -0.1) is 0 Å². The molecule has 0 radical (unpaired) electrons. The summed E-state index contributed by atoms with van der Waals surface area (Å²) in [6.07, 6.45) is 3.47.